The summed E-state index contributed by atoms with van der Waals surface area (Å²) in [7, 11) is 0. The second-order valence-electron chi connectivity index (χ2n) is 9.16. The van der Waals surface area contributed by atoms with E-state index >= 15 is 0 Å². The van der Waals surface area contributed by atoms with Crippen molar-refractivity contribution in [2.75, 3.05) is 29.9 Å². The molecule has 184 valence electrons. The number of para-hydroxylation sites is 1. The number of carbonyl (C=O) groups excluding carboxylic acids is 2. The van der Waals surface area contributed by atoms with E-state index in [-0.39, 0.29) is 24.3 Å². The van der Waals surface area contributed by atoms with Crippen LogP contribution >= 0.6 is 0 Å². The van der Waals surface area contributed by atoms with Crippen LogP contribution in [-0.4, -0.2) is 41.1 Å². The molecule has 1 saturated heterocycles. The van der Waals surface area contributed by atoms with Gasteiger partial charge in [-0.3, -0.25) is 14.2 Å². The molecule has 1 aliphatic heterocycles. The first-order chi connectivity index (χ1) is 16.9. The molecule has 1 fully saturated rings. The number of hydrogen-bond donors (Lipinski definition) is 1. The number of nitrogens with zero attached hydrogens (tertiary/aromatic N) is 3. The van der Waals surface area contributed by atoms with E-state index in [4.69, 9.17) is 4.74 Å². The lowest BCUT2D eigenvalue weighted by molar-refractivity contribution is -0.148. The van der Waals surface area contributed by atoms with Crippen molar-refractivity contribution >= 4 is 34.3 Å². The Morgan fingerprint density at radius 2 is 1.77 bits per heavy atom. The van der Waals surface area contributed by atoms with Crippen molar-refractivity contribution in [3.8, 4) is 0 Å². The van der Waals surface area contributed by atoms with Gasteiger partial charge in [0.1, 0.15) is 12.4 Å². The number of ether oxygens (including phenoxy) is 1. The molecular weight excluding hydrogens is 444 g/mol. The van der Waals surface area contributed by atoms with Crippen LogP contribution in [0.25, 0.3) is 10.9 Å². The second kappa shape index (κ2) is 10.7. The van der Waals surface area contributed by atoms with Crippen molar-refractivity contribution in [3.05, 3.63) is 64.6 Å². The molecule has 0 radical (unpaired) electrons. The van der Waals surface area contributed by atoms with Gasteiger partial charge in [0, 0.05) is 24.2 Å². The maximum Gasteiger partial charge on any atom is 0.350 e. The normalized spacial score (nSPS) is 14.3. The average molecular weight is 477 g/mol. The van der Waals surface area contributed by atoms with Crippen molar-refractivity contribution in [2.45, 2.75) is 46.1 Å². The van der Waals surface area contributed by atoms with Gasteiger partial charge in [-0.1, -0.05) is 38.1 Å². The number of esters is 1. The number of aromatic nitrogens is 2. The first-order valence-corrected chi connectivity index (χ1v) is 12.2. The lowest BCUT2D eigenvalue weighted by Crippen LogP contribution is -2.39. The fraction of sp³-hybridized carbons (Fsp3) is 0.407. The van der Waals surface area contributed by atoms with Crippen molar-refractivity contribution in [3.63, 3.8) is 0 Å². The van der Waals surface area contributed by atoms with Gasteiger partial charge in [0.25, 0.3) is 0 Å². The predicted molar refractivity (Wildman–Crippen MR) is 137 cm³/mol. The Morgan fingerprint density at radius 1 is 1.09 bits per heavy atom. The third-order valence-electron chi connectivity index (χ3n) is 6.45. The summed E-state index contributed by atoms with van der Waals surface area (Å²) >= 11 is 0. The summed E-state index contributed by atoms with van der Waals surface area (Å²) in [6, 6.07) is 15.2. The van der Waals surface area contributed by atoms with Gasteiger partial charge in [0.15, 0.2) is 0 Å². The van der Waals surface area contributed by atoms with E-state index in [1.54, 1.807) is 6.92 Å². The molecule has 0 spiro atoms. The van der Waals surface area contributed by atoms with Gasteiger partial charge >= 0.3 is 11.7 Å². The van der Waals surface area contributed by atoms with Gasteiger partial charge in [-0.05, 0) is 55.5 Å². The number of nitrogens with one attached hydrogen (secondary N) is 1. The van der Waals surface area contributed by atoms with Crippen LogP contribution in [0.15, 0.2) is 53.3 Å². The van der Waals surface area contributed by atoms with Gasteiger partial charge in [-0.25, -0.2) is 4.79 Å². The molecule has 3 aromatic rings. The molecule has 8 heteroatoms. The molecule has 0 bridgehead atoms. The standard InChI is InChI=1S/C27H32N4O4/c1-4-35-26(33)20-13-15-30(16-14-20)25-22-7-5-6-8-23(22)31(27(34)29-25)17-24(32)28-21-11-9-19(10-12-21)18(2)3/h5-12,18,20H,4,13-17H2,1-3H3,(H,28,32). The van der Waals surface area contributed by atoms with Crippen LogP contribution in [0.3, 0.4) is 0 Å². The largest absolute Gasteiger partial charge is 0.466 e. The van der Waals surface area contributed by atoms with Crippen LogP contribution in [0.1, 0.15) is 45.1 Å². The summed E-state index contributed by atoms with van der Waals surface area (Å²) in [6.07, 6.45) is 1.30. The lowest BCUT2D eigenvalue weighted by Gasteiger charge is -2.32. The van der Waals surface area contributed by atoms with Crippen molar-refractivity contribution < 1.29 is 14.3 Å². The van der Waals surface area contributed by atoms with Crippen LogP contribution < -0.4 is 15.9 Å². The zero-order chi connectivity index (χ0) is 24.9. The summed E-state index contributed by atoms with van der Waals surface area (Å²) in [5.74, 6) is 0.416. The molecule has 1 aliphatic rings. The Labute approximate surface area is 204 Å². The topological polar surface area (TPSA) is 93.5 Å². The van der Waals surface area contributed by atoms with E-state index in [0.29, 0.717) is 55.5 Å². The van der Waals surface area contributed by atoms with E-state index < -0.39 is 5.69 Å². The minimum absolute atomic E-state index is 0.129. The van der Waals surface area contributed by atoms with Crippen LogP contribution in [0.4, 0.5) is 11.5 Å². The van der Waals surface area contributed by atoms with Crippen molar-refractivity contribution in [2.24, 2.45) is 5.92 Å². The van der Waals surface area contributed by atoms with Crippen molar-refractivity contribution in [1.82, 2.24) is 9.55 Å². The number of amides is 1. The van der Waals surface area contributed by atoms with E-state index in [1.807, 2.05) is 53.4 Å². The molecule has 1 amide bonds. The Balaban J connectivity index is 1.53. The van der Waals surface area contributed by atoms with Gasteiger partial charge < -0.3 is 15.0 Å². The SMILES string of the molecule is CCOC(=O)C1CCN(c2nc(=O)n(CC(=O)Nc3ccc(C(C)C)cc3)c3ccccc23)CC1. The first-order valence-electron chi connectivity index (χ1n) is 12.2. The van der Waals surface area contributed by atoms with E-state index in [2.05, 4.69) is 24.1 Å². The minimum Gasteiger partial charge on any atom is -0.466 e. The van der Waals surface area contributed by atoms with Crippen LogP contribution in [0.5, 0.6) is 0 Å². The molecule has 8 nitrogen and oxygen atoms in total. The molecule has 4 rings (SSSR count). The Hall–Kier alpha value is -3.68. The van der Waals surface area contributed by atoms with Crippen LogP contribution in [0, 0.1) is 5.92 Å². The number of benzene rings is 2. The Kier molecular flexibility index (Phi) is 7.48. The number of hydrogen-bond acceptors (Lipinski definition) is 6. The molecule has 0 saturated carbocycles. The molecule has 0 atom stereocenters. The third-order valence-corrected chi connectivity index (χ3v) is 6.45. The molecule has 35 heavy (non-hydrogen) atoms. The molecule has 1 aromatic heterocycles. The minimum atomic E-state index is -0.475. The first kappa shape index (κ1) is 24.4. The van der Waals surface area contributed by atoms with Gasteiger partial charge in [0.05, 0.1) is 18.0 Å². The molecule has 0 aliphatic carbocycles. The smallest absolute Gasteiger partial charge is 0.350 e. The maximum atomic E-state index is 13.0. The van der Waals surface area contributed by atoms with E-state index in [0.717, 1.165) is 5.39 Å². The quantitative estimate of drug-likeness (QED) is 0.519. The van der Waals surface area contributed by atoms with Gasteiger partial charge in [-0.2, -0.15) is 4.98 Å². The zero-order valence-corrected chi connectivity index (χ0v) is 20.5. The second-order valence-corrected chi connectivity index (χ2v) is 9.16. The fourth-order valence-corrected chi connectivity index (χ4v) is 4.49. The zero-order valence-electron chi connectivity index (χ0n) is 20.5. The highest BCUT2D eigenvalue weighted by Crippen LogP contribution is 2.28. The summed E-state index contributed by atoms with van der Waals surface area (Å²) in [5.41, 5.74) is 2.05. The van der Waals surface area contributed by atoms with Gasteiger partial charge in [-0.15, -0.1) is 0 Å². The third kappa shape index (κ3) is 5.53. The number of piperidine rings is 1. The molecule has 2 heterocycles. The van der Waals surface area contributed by atoms with E-state index in [1.165, 1.54) is 10.1 Å². The molecular formula is C27H32N4O4. The molecule has 2 aromatic carbocycles. The monoisotopic (exact) mass is 476 g/mol. The number of rotatable bonds is 7. The highest BCUT2D eigenvalue weighted by Gasteiger charge is 2.28. The van der Waals surface area contributed by atoms with Crippen molar-refractivity contribution in [1.29, 1.82) is 0 Å². The summed E-state index contributed by atoms with van der Waals surface area (Å²) in [4.78, 5) is 44.3. The summed E-state index contributed by atoms with van der Waals surface area (Å²) in [5, 5.41) is 3.67. The molecule has 1 N–H and O–H groups in total. The van der Waals surface area contributed by atoms with Gasteiger partial charge in [0.2, 0.25) is 5.91 Å². The van der Waals surface area contributed by atoms with Crippen LogP contribution in [-0.2, 0) is 20.9 Å². The maximum absolute atomic E-state index is 13.0. The number of anilines is 2. The Morgan fingerprint density at radius 3 is 2.43 bits per heavy atom. The highest BCUT2D eigenvalue weighted by atomic mass is 16.5. The average Bonchev–Trinajstić information content (AvgIpc) is 2.86. The predicted octanol–water partition coefficient (Wildman–Crippen LogP) is 3.94. The van der Waals surface area contributed by atoms with E-state index in [9.17, 15) is 14.4 Å². The lowest BCUT2D eigenvalue weighted by atomic mass is 9.97. The summed E-state index contributed by atoms with van der Waals surface area (Å²) < 4.78 is 6.56. The van der Waals surface area contributed by atoms with Crippen LogP contribution in [0.2, 0.25) is 0 Å². The fourth-order valence-electron chi connectivity index (χ4n) is 4.49. The summed E-state index contributed by atoms with van der Waals surface area (Å²) in [6.45, 7) is 7.49. The number of carbonyl (C=O) groups is 2. The Bertz CT molecular complexity index is 1260. The highest BCUT2D eigenvalue weighted by molar-refractivity contribution is 5.94. The molecule has 0 unspecified atom stereocenters. The number of fused-ring (bicyclic) bond motifs is 1.